The summed E-state index contributed by atoms with van der Waals surface area (Å²) in [5.74, 6) is -0.489. The summed E-state index contributed by atoms with van der Waals surface area (Å²) in [7, 11) is -2.58. The number of hydrogen-bond acceptors (Lipinski definition) is 5. The third-order valence-electron chi connectivity index (χ3n) is 6.31. The minimum absolute atomic E-state index is 0.0348. The molecule has 0 radical (unpaired) electrons. The van der Waals surface area contributed by atoms with Crippen molar-refractivity contribution in [3.63, 3.8) is 0 Å². The van der Waals surface area contributed by atoms with Crippen molar-refractivity contribution in [2.45, 2.75) is 44.2 Å². The van der Waals surface area contributed by atoms with Crippen LogP contribution in [0.1, 0.15) is 48.1 Å². The van der Waals surface area contributed by atoms with Crippen LogP contribution in [0.5, 0.6) is 5.75 Å². The largest absolute Gasteiger partial charge is 0.502 e. The van der Waals surface area contributed by atoms with Gasteiger partial charge in [0, 0.05) is 6.54 Å². The van der Waals surface area contributed by atoms with Gasteiger partial charge in [-0.25, -0.2) is 8.42 Å². The molecule has 0 spiro atoms. The van der Waals surface area contributed by atoms with Gasteiger partial charge in [0.25, 0.3) is 5.91 Å². The molecule has 182 valence electrons. The fourth-order valence-electron chi connectivity index (χ4n) is 4.23. The number of aryl methyl sites for hydroxylation is 1. The molecule has 3 aromatic carbocycles. The topological polar surface area (TPSA) is 83.9 Å². The van der Waals surface area contributed by atoms with Crippen molar-refractivity contribution in [2.75, 3.05) is 7.11 Å². The molecule has 1 aliphatic rings. The number of nitrogens with zero attached hydrogens (tertiary/aromatic N) is 1. The van der Waals surface area contributed by atoms with Crippen LogP contribution in [0.4, 0.5) is 0 Å². The number of hydrogen-bond donors (Lipinski definition) is 1. The molecule has 35 heavy (non-hydrogen) atoms. The number of amides is 1. The van der Waals surface area contributed by atoms with Gasteiger partial charge >= 0.3 is 0 Å². The predicted octanol–water partition coefficient (Wildman–Crippen LogP) is 5.45. The van der Waals surface area contributed by atoms with Gasteiger partial charge in [-0.3, -0.25) is 4.79 Å². The van der Waals surface area contributed by atoms with E-state index in [0.717, 1.165) is 16.7 Å². The monoisotopic (exact) mass is 491 g/mol. The highest BCUT2D eigenvalue weighted by atomic mass is 32.2. The van der Waals surface area contributed by atoms with Crippen molar-refractivity contribution in [2.24, 2.45) is 0 Å². The normalized spacial score (nSPS) is 16.3. The standard InChI is InChI=1S/C28H29NO5S/c1-18(2)21-9-11-22(12-10-21)25-27(35(32,33)24-15-5-19(3)6-16-24)26(30)28(31)29(25)17-20-7-13-23(34-4)14-8-20/h5-16,18,25,30H,17H2,1-4H3/t25-/m0/s1. The molecule has 0 bridgehead atoms. The van der Waals surface area contributed by atoms with Crippen LogP contribution >= 0.6 is 0 Å². The van der Waals surface area contributed by atoms with Crippen LogP contribution in [-0.2, 0) is 21.2 Å². The Morgan fingerprint density at radius 3 is 2.09 bits per heavy atom. The number of aliphatic hydroxyl groups excluding tert-OH is 1. The van der Waals surface area contributed by atoms with Gasteiger partial charge in [-0.15, -0.1) is 0 Å². The summed E-state index contributed by atoms with van der Waals surface area (Å²) < 4.78 is 32.7. The van der Waals surface area contributed by atoms with Crippen LogP contribution in [-0.4, -0.2) is 31.4 Å². The maximum Gasteiger partial charge on any atom is 0.290 e. The summed E-state index contributed by atoms with van der Waals surface area (Å²) in [5, 5.41) is 10.9. The Labute approximate surface area is 206 Å². The fraction of sp³-hybridized carbons (Fsp3) is 0.250. The highest BCUT2D eigenvalue weighted by Crippen LogP contribution is 2.43. The lowest BCUT2D eigenvalue weighted by Crippen LogP contribution is -2.30. The second kappa shape index (κ2) is 9.58. The minimum atomic E-state index is -4.15. The average molecular weight is 492 g/mol. The summed E-state index contributed by atoms with van der Waals surface area (Å²) in [4.78, 5) is 14.4. The summed E-state index contributed by atoms with van der Waals surface area (Å²) in [6.45, 7) is 6.13. The highest BCUT2D eigenvalue weighted by molar-refractivity contribution is 7.95. The van der Waals surface area contributed by atoms with E-state index < -0.39 is 27.5 Å². The number of rotatable bonds is 7. The fourth-order valence-corrected chi connectivity index (χ4v) is 5.88. The molecule has 1 aliphatic heterocycles. The highest BCUT2D eigenvalue weighted by Gasteiger charge is 2.46. The number of carbonyl (C=O) groups excluding carboxylic acids is 1. The van der Waals surface area contributed by atoms with Gasteiger partial charge in [-0.2, -0.15) is 0 Å². The van der Waals surface area contributed by atoms with E-state index in [2.05, 4.69) is 13.8 Å². The third kappa shape index (κ3) is 4.68. The molecule has 0 saturated carbocycles. The van der Waals surface area contributed by atoms with Gasteiger partial charge < -0.3 is 14.7 Å². The number of benzene rings is 3. The van der Waals surface area contributed by atoms with E-state index >= 15 is 0 Å². The van der Waals surface area contributed by atoms with Crippen LogP contribution < -0.4 is 4.74 Å². The van der Waals surface area contributed by atoms with Crippen LogP contribution in [0, 0.1) is 6.92 Å². The summed E-state index contributed by atoms with van der Waals surface area (Å²) in [6, 6.07) is 20.1. The first kappa shape index (κ1) is 24.5. The molecule has 1 heterocycles. The first-order valence-electron chi connectivity index (χ1n) is 11.4. The van der Waals surface area contributed by atoms with E-state index in [0.29, 0.717) is 17.2 Å². The number of ether oxygens (including phenoxy) is 1. The Balaban J connectivity index is 1.82. The molecule has 0 saturated heterocycles. The van der Waals surface area contributed by atoms with Crippen molar-refractivity contribution in [1.82, 2.24) is 4.90 Å². The van der Waals surface area contributed by atoms with Crippen LogP contribution in [0.25, 0.3) is 0 Å². The lowest BCUT2D eigenvalue weighted by atomic mass is 9.98. The maximum atomic E-state index is 13.7. The second-order valence-corrected chi connectivity index (χ2v) is 11.0. The number of carbonyl (C=O) groups is 1. The zero-order valence-corrected chi connectivity index (χ0v) is 21.0. The molecule has 3 aromatic rings. The van der Waals surface area contributed by atoms with Gasteiger partial charge in [0.05, 0.1) is 18.0 Å². The van der Waals surface area contributed by atoms with Crippen molar-refractivity contribution >= 4 is 15.7 Å². The molecule has 0 unspecified atom stereocenters. The molecule has 7 heteroatoms. The SMILES string of the molecule is COc1ccc(CN2C(=O)C(O)=C(S(=O)(=O)c3ccc(C)cc3)[C@@H]2c2ccc(C(C)C)cc2)cc1. The van der Waals surface area contributed by atoms with E-state index in [-0.39, 0.29) is 16.3 Å². The van der Waals surface area contributed by atoms with E-state index in [9.17, 15) is 18.3 Å². The molecule has 6 nitrogen and oxygen atoms in total. The molecule has 1 N–H and O–H groups in total. The maximum absolute atomic E-state index is 13.7. The van der Waals surface area contributed by atoms with Crippen molar-refractivity contribution in [3.05, 3.63) is 106 Å². The summed E-state index contributed by atoms with van der Waals surface area (Å²) >= 11 is 0. The van der Waals surface area contributed by atoms with Crippen LogP contribution in [0.15, 0.2) is 88.4 Å². The molecule has 1 amide bonds. The van der Waals surface area contributed by atoms with Gasteiger partial charge in [-0.1, -0.05) is 67.9 Å². The van der Waals surface area contributed by atoms with E-state index in [1.54, 1.807) is 31.4 Å². The number of methoxy groups -OCH3 is 1. The minimum Gasteiger partial charge on any atom is -0.502 e. The molecule has 1 atom stereocenters. The first-order chi connectivity index (χ1) is 16.6. The Bertz CT molecular complexity index is 1360. The second-order valence-electron chi connectivity index (χ2n) is 9.03. The van der Waals surface area contributed by atoms with Crippen molar-refractivity contribution in [1.29, 1.82) is 0 Å². The van der Waals surface area contributed by atoms with Crippen molar-refractivity contribution < 1.29 is 23.1 Å². The summed E-state index contributed by atoms with van der Waals surface area (Å²) in [6.07, 6.45) is 0. The van der Waals surface area contributed by atoms with Crippen LogP contribution in [0.2, 0.25) is 0 Å². The van der Waals surface area contributed by atoms with E-state index in [4.69, 9.17) is 4.74 Å². The van der Waals surface area contributed by atoms with Gasteiger partial charge in [0.1, 0.15) is 10.7 Å². The Morgan fingerprint density at radius 1 is 0.943 bits per heavy atom. The number of aliphatic hydroxyl groups is 1. The van der Waals surface area contributed by atoms with Crippen LogP contribution in [0.3, 0.4) is 0 Å². The zero-order valence-electron chi connectivity index (χ0n) is 20.2. The molecule has 4 rings (SSSR count). The quantitative estimate of drug-likeness (QED) is 0.475. The van der Waals surface area contributed by atoms with Crippen molar-refractivity contribution in [3.8, 4) is 5.75 Å². The lowest BCUT2D eigenvalue weighted by molar-refractivity contribution is -0.130. The molecule has 0 aromatic heterocycles. The Morgan fingerprint density at radius 2 is 1.54 bits per heavy atom. The summed E-state index contributed by atoms with van der Waals surface area (Å²) in [5.41, 5.74) is 3.40. The van der Waals surface area contributed by atoms with E-state index in [1.165, 1.54) is 17.0 Å². The average Bonchev–Trinajstić information content (AvgIpc) is 3.10. The predicted molar refractivity (Wildman–Crippen MR) is 135 cm³/mol. The molecule has 0 aliphatic carbocycles. The number of sulfone groups is 1. The zero-order chi connectivity index (χ0) is 25.3. The van der Waals surface area contributed by atoms with Gasteiger partial charge in [-0.05, 0) is 53.8 Å². The lowest BCUT2D eigenvalue weighted by Gasteiger charge is -2.27. The Kier molecular flexibility index (Phi) is 6.72. The first-order valence-corrected chi connectivity index (χ1v) is 12.9. The Hall–Kier alpha value is -3.58. The smallest absolute Gasteiger partial charge is 0.290 e. The van der Waals surface area contributed by atoms with Gasteiger partial charge in [0.15, 0.2) is 5.76 Å². The third-order valence-corrected chi connectivity index (χ3v) is 8.20. The van der Waals surface area contributed by atoms with E-state index in [1.807, 2.05) is 43.3 Å². The molecular formula is C28H29NO5S. The molecular weight excluding hydrogens is 462 g/mol. The van der Waals surface area contributed by atoms with Gasteiger partial charge in [0.2, 0.25) is 9.84 Å². The molecule has 0 fully saturated rings.